The van der Waals surface area contributed by atoms with Gasteiger partial charge < -0.3 is 9.88 Å². The zero-order valence-electron chi connectivity index (χ0n) is 9.53. The summed E-state index contributed by atoms with van der Waals surface area (Å²) in [6.07, 6.45) is 3.25. The van der Waals surface area contributed by atoms with Gasteiger partial charge in [0.2, 0.25) is 5.91 Å². The Labute approximate surface area is 98.5 Å². The molecule has 0 aliphatic heterocycles. The van der Waals surface area contributed by atoms with Crippen molar-refractivity contribution in [2.45, 2.75) is 6.54 Å². The van der Waals surface area contributed by atoms with Crippen molar-refractivity contribution in [2.75, 3.05) is 7.05 Å². The van der Waals surface area contributed by atoms with Gasteiger partial charge in [0.1, 0.15) is 12.4 Å². The summed E-state index contributed by atoms with van der Waals surface area (Å²) < 4.78 is 15.3. The molecule has 4 heteroatoms. The lowest BCUT2D eigenvalue weighted by atomic mass is 10.1. The largest absolute Gasteiger partial charge is 0.358 e. The molecule has 2 rings (SSSR count). The van der Waals surface area contributed by atoms with Crippen LogP contribution in [0.25, 0.3) is 17.0 Å². The molecule has 0 saturated heterocycles. The summed E-state index contributed by atoms with van der Waals surface area (Å²) in [6.45, 7) is 3.74. The van der Waals surface area contributed by atoms with E-state index in [2.05, 4.69) is 11.9 Å². The minimum atomic E-state index is -0.329. The molecule has 2 aromatic rings. The predicted octanol–water partition coefficient (Wildman–Crippen LogP) is 2.17. The van der Waals surface area contributed by atoms with Crippen LogP contribution in [-0.4, -0.2) is 17.5 Å². The van der Waals surface area contributed by atoms with E-state index in [0.29, 0.717) is 11.1 Å². The number of amides is 1. The van der Waals surface area contributed by atoms with Gasteiger partial charge in [-0.2, -0.15) is 0 Å². The van der Waals surface area contributed by atoms with E-state index in [9.17, 15) is 9.18 Å². The summed E-state index contributed by atoms with van der Waals surface area (Å²) in [4.78, 5) is 11.3. The average molecular weight is 232 g/mol. The molecular formula is C13H13FN2O. The molecule has 0 spiro atoms. The third kappa shape index (κ3) is 2.06. The van der Waals surface area contributed by atoms with E-state index < -0.39 is 0 Å². The molecular weight excluding hydrogens is 219 g/mol. The Morgan fingerprint density at radius 1 is 1.59 bits per heavy atom. The van der Waals surface area contributed by atoms with Crippen molar-refractivity contribution >= 4 is 22.9 Å². The third-order valence-electron chi connectivity index (χ3n) is 2.70. The molecule has 3 nitrogen and oxygen atoms in total. The van der Waals surface area contributed by atoms with E-state index in [-0.39, 0.29) is 18.3 Å². The molecule has 1 aromatic carbocycles. The minimum Gasteiger partial charge on any atom is -0.358 e. The first-order valence-corrected chi connectivity index (χ1v) is 5.27. The number of benzene rings is 1. The van der Waals surface area contributed by atoms with Crippen LogP contribution >= 0.6 is 0 Å². The molecule has 1 aromatic heterocycles. The second-order valence-corrected chi connectivity index (χ2v) is 3.75. The highest BCUT2D eigenvalue weighted by molar-refractivity contribution is 5.85. The fraction of sp³-hybridized carbons (Fsp3) is 0.154. The Kier molecular flexibility index (Phi) is 2.95. The van der Waals surface area contributed by atoms with Crippen LogP contribution in [0.4, 0.5) is 4.39 Å². The summed E-state index contributed by atoms with van der Waals surface area (Å²) in [5, 5.41) is 3.43. The molecule has 17 heavy (non-hydrogen) atoms. The van der Waals surface area contributed by atoms with E-state index in [1.54, 1.807) is 23.9 Å². The molecule has 0 aliphatic rings. The first kappa shape index (κ1) is 11.4. The van der Waals surface area contributed by atoms with E-state index in [4.69, 9.17) is 0 Å². The summed E-state index contributed by atoms with van der Waals surface area (Å²) in [6, 6.07) is 5.00. The number of hydrogen-bond acceptors (Lipinski definition) is 1. The molecule has 0 atom stereocenters. The summed E-state index contributed by atoms with van der Waals surface area (Å²) in [5.74, 6) is -0.444. The van der Waals surface area contributed by atoms with E-state index in [1.807, 2.05) is 6.07 Å². The molecule has 0 radical (unpaired) electrons. The van der Waals surface area contributed by atoms with Crippen LogP contribution in [0.1, 0.15) is 5.56 Å². The number of fused-ring (bicyclic) bond motifs is 1. The average Bonchev–Trinajstić information content (AvgIpc) is 2.70. The Balaban J connectivity index is 2.50. The highest BCUT2D eigenvalue weighted by atomic mass is 19.1. The van der Waals surface area contributed by atoms with Crippen molar-refractivity contribution < 1.29 is 9.18 Å². The van der Waals surface area contributed by atoms with Gasteiger partial charge >= 0.3 is 0 Å². The van der Waals surface area contributed by atoms with Crippen molar-refractivity contribution in [1.29, 1.82) is 0 Å². The maximum Gasteiger partial charge on any atom is 0.239 e. The molecule has 0 bridgehead atoms. The lowest BCUT2D eigenvalue weighted by molar-refractivity contribution is -0.121. The van der Waals surface area contributed by atoms with E-state index in [1.165, 1.54) is 12.1 Å². The highest BCUT2D eigenvalue weighted by Crippen LogP contribution is 2.21. The van der Waals surface area contributed by atoms with Crippen molar-refractivity contribution in [1.82, 2.24) is 9.88 Å². The molecule has 1 N–H and O–H groups in total. The quantitative estimate of drug-likeness (QED) is 0.864. The zero-order valence-corrected chi connectivity index (χ0v) is 9.53. The normalized spacial score (nSPS) is 10.5. The van der Waals surface area contributed by atoms with Crippen molar-refractivity contribution in [3.05, 3.63) is 42.4 Å². The number of rotatable bonds is 3. The Morgan fingerprint density at radius 3 is 3.00 bits per heavy atom. The number of halogens is 1. The Morgan fingerprint density at radius 2 is 2.35 bits per heavy atom. The van der Waals surface area contributed by atoms with Gasteiger partial charge in [-0.25, -0.2) is 4.39 Å². The highest BCUT2D eigenvalue weighted by Gasteiger charge is 2.08. The summed E-state index contributed by atoms with van der Waals surface area (Å²) in [7, 11) is 1.57. The number of carbonyl (C=O) groups is 1. The van der Waals surface area contributed by atoms with Crippen molar-refractivity contribution in [2.24, 2.45) is 0 Å². The molecule has 0 fully saturated rings. The summed E-state index contributed by atoms with van der Waals surface area (Å²) >= 11 is 0. The van der Waals surface area contributed by atoms with Crippen LogP contribution in [0, 0.1) is 5.82 Å². The van der Waals surface area contributed by atoms with Gasteiger partial charge in [0, 0.05) is 24.2 Å². The lowest BCUT2D eigenvalue weighted by Crippen LogP contribution is -2.22. The van der Waals surface area contributed by atoms with Crippen molar-refractivity contribution in [3.63, 3.8) is 0 Å². The smallest absolute Gasteiger partial charge is 0.239 e. The number of carbonyl (C=O) groups excluding carboxylic acids is 1. The van der Waals surface area contributed by atoms with Gasteiger partial charge in [0.15, 0.2) is 0 Å². The second-order valence-electron chi connectivity index (χ2n) is 3.75. The first-order valence-electron chi connectivity index (χ1n) is 5.27. The molecule has 1 heterocycles. The van der Waals surface area contributed by atoms with Gasteiger partial charge in [-0.05, 0) is 18.2 Å². The fourth-order valence-corrected chi connectivity index (χ4v) is 1.76. The monoisotopic (exact) mass is 232 g/mol. The van der Waals surface area contributed by atoms with Crippen LogP contribution < -0.4 is 5.32 Å². The molecule has 0 unspecified atom stereocenters. The Hall–Kier alpha value is -2.10. The lowest BCUT2D eigenvalue weighted by Gasteiger charge is -2.05. The number of nitrogens with zero attached hydrogens (tertiary/aromatic N) is 1. The van der Waals surface area contributed by atoms with Gasteiger partial charge in [0.05, 0.1) is 5.52 Å². The zero-order chi connectivity index (χ0) is 12.4. The number of hydrogen-bond donors (Lipinski definition) is 1. The SMILES string of the molecule is C=Cc1cc2ccn(CC(=O)NC)c2cc1F. The maximum atomic E-state index is 13.6. The number of nitrogens with one attached hydrogen (secondary N) is 1. The number of likely N-dealkylation sites (N-methyl/N-ethyl adjacent to an activating group) is 1. The van der Waals surface area contributed by atoms with Gasteiger partial charge in [0.25, 0.3) is 0 Å². The number of aromatic nitrogens is 1. The third-order valence-corrected chi connectivity index (χ3v) is 2.70. The van der Waals surface area contributed by atoms with Crippen molar-refractivity contribution in [3.8, 4) is 0 Å². The van der Waals surface area contributed by atoms with Crippen LogP contribution in [0.3, 0.4) is 0 Å². The first-order chi connectivity index (χ1) is 8.15. The van der Waals surface area contributed by atoms with Gasteiger partial charge in [-0.15, -0.1) is 0 Å². The molecule has 1 amide bonds. The maximum absolute atomic E-state index is 13.6. The molecule has 0 saturated carbocycles. The minimum absolute atomic E-state index is 0.115. The van der Waals surface area contributed by atoms with Crippen LogP contribution in [0.2, 0.25) is 0 Å². The van der Waals surface area contributed by atoms with Gasteiger partial charge in [-0.1, -0.05) is 12.7 Å². The molecule has 88 valence electrons. The van der Waals surface area contributed by atoms with Crippen LogP contribution in [0.5, 0.6) is 0 Å². The predicted molar refractivity (Wildman–Crippen MR) is 66.1 cm³/mol. The van der Waals surface area contributed by atoms with Crippen LogP contribution in [0.15, 0.2) is 31.0 Å². The summed E-state index contributed by atoms with van der Waals surface area (Å²) in [5.41, 5.74) is 1.17. The van der Waals surface area contributed by atoms with E-state index in [0.717, 1.165) is 5.39 Å². The second kappa shape index (κ2) is 4.41. The Bertz CT molecular complexity index is 586. The van der Waals surface area contributed by atoms with E-state index >= 15 is 0 Å². The molecule has 0 aliphatic carbocycles. The topological polar surface area (TPSA) is 34.0 Å². The standard InChI is InChI=1S/C13H13FN2O/c1-3-9-6-10-4-5-16(8-13(17)15-2)12(10)7-11(9)14/h3-7H,1,8H2,2H3,(H,15,17). The fourth-order valence-electron chi connectivity index (χ4n) is 1.76. The van der Waals surface area contributed by atoms with Gasteiger partial charge in [-0.3, -0.25) is 4.79 Å². The van der Waals surface area contributed by atoms with Crippen LogP contribution in [-0.2, 0) is 11.3 Å².